The zero-order valence-corrected chi connectivity index (χ0v) is 10.7. The van der Waals surface area contributed by atoms with Crippen molar-refractivity contribution in [3.63, 3.8) is 0 Å². The molecular weight excluding hydrogens is 268 g/mol. The van der Waals surface area contributed by atoms with Gasteiger partial charge in [-0.05, 0) is 18.9 Å². The minimum Gasteiger partial charge on any atom is -0.396 e. The van der Waals surface area contributed by atoms with Gasteiger partial charge in [-0.15, -0.1) is 0 Å². The molecule has 0 aliphatic heterocycles. The smallest absolute Gasteiger partial charge is 0.254 e. The largest absolute Gasteiger partial charge is 0.396 e. The molecule has 0 radical (unpaired) electrons. The highest BCUT2D eigenvalue weighted by Gasteiger charge is 2.23. The fourth-order valence-electron chi connectivity index (χ4n) is 1.65. The van der Waals surface area contributed by atoms with Crippen molar-refractivity contribution in [1.82, 2.24) is 10.6 Å². The average molecular weight is 283 g/mol. The first kappa shape index (κ1) is 14.2. The van der Waals surface area contributed by atoms with Crippen molar-refractivity contribution >= 4 is 17.5 Å². The van der Waals surface area contributed by atoms with Gasteiger partial charge in [-0.25, -0.2) is 8.78 Å². The van der Waals surface area contributed by atoms with Gasteiger partial charge in [0.05, 0.1) is 11.3 Å². The van der Waals surface area contributed by atoms with E-state index in [2.05, 4.69) is 10.6 Å². The standard InChI is InChI=1S/C13H15F2N3O2/c14-9-6-10(15)11(16)5-8(9)13(20)17-4-3-12(19)18-7-1-2-7/h5-7H,1-4,16H2,(H,17,20)(H,18,19). The quantitative estimate of drug-likeness (QED) is 0.703. The van der Waals surface area contributed by atoms with E-state index >= 15 is 0 Å². The fraction of sp³-hybridized carbons (Fsp3) is 0.385. The highest BCUT2D eigenvalue weighted by molar-refractivity contribution is 5.95. The van der Waals surface area contributed by atoms with Gasteiger partial charge in [0.1, 0.15) is 11.6 Å². The Balaban J connectivity index is 1.85. The molecule has 108 valence electrons. The van der Waals surface area contributed by atoms with Gasteiger partial charge in [0, 0.05) is 25.1 Å². The summed E-state index contributed by atoms with van der Waals surface area (Å²) in [4.78, 5) is 23.1. The number of hydrogen-bond donors (Lipinski definition) is 3. The summed E-state index contributed by atoms with van der Waals surface area (Å²) in [5.74, 6) is -2.79. The molecule has 20 heavy (non-hydrogen) atoms. The summed E-state index contributed by atoms with van der Waals surface area (Å²) in [7, 11) is 0. The minimum atomic E-state index is -0.989. The molecule has 1 fully saturated rings. The summed E-state index contributed by atoms with van der Waals surface area (Å²) in [5, 5.41) is 5.15. The van der Waals surface area contributed by atoms with E-state index in [-0.39, 0.29) is 36.2 Å². The third kappa shape index (κ3) is 3.66. The second kappa shape index (κ2) is 5.85. The lowest BCUT2D eigenvalue weighted by atomic mass is 10.1. The molecule has 1 saturated carbocycles. The molecule has 0 bridgehead atoms. The summed E-state index contributed by atoms with van der Waals surface area (Å²) >= 11 is 0. The Morgan fingerprint density at radius 2 is 1.95 bits per heavy atom. The van der Waals surface area contributed by atoms with Crippen molar-refractivity contribution in [1.29, 1.82) is 0 Å². The first-order chi connectivity index (χ1) is 9.47. The number of carbonyl (C=O) groups excluding carboxylic acids is 2. The average Bonchev–Trinajstić information content (AvgIpc) is 3.17. The number of halogens is 2. The van der Waals surface area contributed by atoms with Crippen LogP contribution in [0, 0.1) is 11.6 Å². The second-order valence-electron chi connectivity index (χ2n) is 4.70. The van der Waals surface area contributed by atoms with Crippen LogP contribution >= 0.6 is 0 Å². The third-order valence-electron chi connectivity index (χ3n) is 2.91. The SMILES string of the molecule is Nc1cc(C(=O)NCCC(=O)NC2CC2)c(F)cc1F. The van der Waals surface area contributed by atoms with Crippen LogP contribution in [0.15, 0.2) is 12.1 Å². The van der Waals surface area contributed by atoms with Crippen LogP contribution in [0.25, 0.3) is 0 Å². The lowest BCUT2D eigenvalue weighted by molar-refractivity contribution is -0.121. The van der Waals surface area contributed by atoms with Gasteiger partial charge in [-0.1, -0.05) is 0 Å². The number of carbonyl (C=O) groups is 2. The molecule has 1 aromatic carbocycles. The molecule has 0 spiro atoms. The molecule has 1 aliphatic rings. The number of nitrogens with one attached hydrogen (secondary N) is 2. The molecule has 7 heteroatoms. The topological polar surface area (TPSA) is 84.2 Å². The van der Waals surface area contributed by atoms with E-state index in [0.29, 0.717) is 6.07 Å². The lowest BCUT2D eigenvalue weighted by Gasteiger charge is -2.07. The first-order valence-electron chi connectivity index (χ1n) is 6.29. The maximum atomic E-state index is 13.4. The molecule has 2 rings (SSSR count). The maximum Gasteiger partial charge on any atom is 0.254 e. The van der Waals surface area contributed by atoms with Crippen molar-refractivity contribution < 1.29 is 18.4 Å². The summed E-state index contributed by atoms with van der Waals surface area (Å²) in [6.45, 7) is 0.0775. The van der Waals surface area contributed by atoms with Crippen molar-refractivity contribution in [3.05, 3.63) is 29.3 Å². The Morgan fingerprint density at radius 1 is 1.25 bits per heavy atom. The molecule has 0 aromatic heterocycles. The van der Waals surface area contributed by atoms with Crippen LogP contribution in [0.2, 0.25) is 0 Å². The lowest BCUT2D eigenvalue weighted by Crippen LogP contribution is -2.32. The van der Waals surface area contributed by atoms with Gasteiger partial charge in [0.15, 0.2) is 0 Å². The van der Waals surface area contributed by atoms with Crippen LogP contribution in [0.3, 0.4) is 0 Å². The van der Waals surface area contributed by atoms with Gasteiger partial charge in [-0.2, -0.15) is 0 Å². The third-order valence-corrected chi connectivity index (χ3v) is 2.91. The monoisotopic (exact) mass is 283 g/mol. The fourth-order valence-corrected chi connectivity index (χ4v) is 1.65. The highest BCUT2D eigenvalue weighted by atomic mass is 19.1. The molecule has 1 aliphatic carbocycles. The van der Waals surface area contributed by atoms with Crippen LogP contribution in [-0.2, 0) is 4.79 Å². The van der Waals surface area contributed by atoms with Crippen LogP contribution < -0.4 is 16.4 Å². The number of rotatable bonds is 5. The van der Waals surface area contributed by atoms with Crippen molar-refractivity contribution in [2.45, 2.75) is 25.3 Å². The first-order valence-corrected chi connectivity index (χ1v) is 6.29. The van der Waals surface area contributed by atoms with E-state index in [4.69, 9.17) is 5.73 Å². The summed E-state index contributed by atoms with van der Waals surface area (Å²) in [6, 6.07) is 1.75. The number of nitrogens with two attached hydrogens (primary N) is 1. The van der Waals surface area contributed by atoms with Crippen LogP contribution in [0.4, 0.5) is 14.5 Å². The zero-order valence-electron chi connectivity index (χ0n) is 10.7. The normalized spacial score (nSPS) is 13.9. The van der Waals surface area contributed by atoms with E-state index in [1.807, 2.05) is 0 Å². The van der Waals surface area contributed by atoms with Crippen molar-refractivity contribution in [3.8, 4) is 0 Å². The molecule has 0 unspecified atom stereocenters. The number of hydrogen-bond acceptors (Lipinski definition) is 3. The maximum absolute atomic E-state index is 13.4. The summed E-state index contributed by atoms with van der Waals surface area (Å²) in [6.07, 6.45) is 2.08. The van der Waals surface area contributed by atoms with Gasteiger partial charge in [-0.3, -0.25) is 9.59 Å². The van der Waals surface area contributed by atoms with Gasteiger partial charge >= 0.3 is 0 Å². The number of nitrogen functional groups attached to an aromatic ring is 1. The Labute approximate surface area is 114 Å². The molecule has 2 amide bonds. The predicted octanol–water partition coefficient (Wildman–Crippen LogP) is 0.945. The second-order valence-corrected chi connectivity index (χ2v) is 4.70. The van der Waals surface area contributed by atoms with E-state index in [0.717, 1.165) is 18.9 Å². The van der Waals surface area contributed by atoms with E-state index in [9.17, 15) is 18.4 Å². The van der Waals surface area contributed by atoms with Gasteiger partial charge < -0.3 is 16.4 Å². The Morgan fingerprint density at radius 3 is 2.60 bits per heavy atom. The Kier molecular flexibility index (Phi) is 4.16. The van der Waals surface area contributed by atoms with E-state index in [1.165, 1.54) is 0 Å². The molecule has 4 N–H and O–H groups in total. The van der Waals surface area contributed by atoms with Crippen LogP contribution in [0.1, 0.15) is 29.6 Å². The van der Waals surface area contributed by atoms with Crippen molar-refractivity contribution in [2.75, 3.05) is 12.3 Å². The van der Waals surface area contributed by atoms with E-state index in [1.54, 1.807) is 0 Å². The van der Waals surface area contributed by atoms with Gasteiger partial charge in [0.25, 0.3) is 5.91 Å². The molecule has 1 aromatic rings. The molecule has 5 nitrogen and oxygen atoms in total. The van der Waals surface area contributed by atoms with E-state index < -0.39 is 17.5 Å². The number of benzene rings is 1. The minimum absolute atomic E-state index is 0.0775. The molecule has 0 heterocycles. The van der Waals surface area contributed by atoms with Gasteiger partial charge in [0.2, 0.25) is 5.91 Å². The Bertz CT molecular complexity index is 545. The number of anilines is 1. The Hall–Kier alpha value is -2.18. The molecule has 0 saturated heterocycles. The molecule has 0 atom stereocenters. The van der Waals surface area contributed by atoms with Crippen LogP contribution in [-0.4, -0.2) is 24.4 Å². The highest BCUT2D eigenvalue weighted by Crippen LogP contribution is 2.18. The summed E-state index contributed by atoms with van der Waals surface area (Å²) < 4.78 is 26.4. The molecular formula is C13H15F2N3O2. The zero-order chi connectivity index (χ0) is 14.7. The summed E-state index contributed by atoms with van der Waals surface area (Å²) in [5.41, 5.74) is 4.64. The predicted molar refractivity (Wildman–Crippen MR) is 68.9 cm³/mol. The number of amides is 2. The van der Waals surface area contributed by atoms with Crippen molar-refractivity contribution in [2.24, 2.45) is 0 Å². The van der Waals surface area contributed by atoms with Crippen LogP contribution in [0.5, 0.6) is 0 Å².